The highest BCUT2D eigenvalue weighted by atomic mass is 35.5. The molecule has 0 atom stereocenters. The summed E-state index contributed by atoms with van der Waals surface area (Å²) in [6.45, 7) is 1.74. The van der Waals surface area contributed by atoms with Crippen LogP contribution in [0, 0.1) is 18.6 Å². The van der Waals surface area contributed by atoms with Gasteiger partial charge >= 0.3 is 0 Å². The molecule has 5 rings (SSSR count). The molecular weight excluding hydrogens is 478 g/mol. The van der Waals surface area contributed by atoms with Gasteiger partial charge in [0.2, 0.25) is 0 Å². The number of hydrogen-bond donors (Lipinski definition) is 0. The second-order valence-corrected chi connectivity index (χ2v) is 8.95. The third-order valence-electron chi connectivity index (χ3n) is 6.47. The minimum atomic E-state index is -0.518. The molecule has 0 saturated carbocycles. The molecule has 0 heterocycles. The van der Waals surface area contributed by atoms with Crippen LogP contribution in [0.15, 0.2) is 84.9 Å². The molecule has 0 spiro atoms. The van der Waals surface area contributed by atoms with Crippen LogP contribution in [0.3, 0.4) is 0 Å². The van der Waals surface area contributed by atoms with Crippen LogP contribution in [-0.2, 0) is 0 Å². The van der Waals surface area contributed by atoms with E-state index in [1.165, 1.54) is 20.3 Å². The third-order valence-corrected chi connectivity index (χ3v) is 6.79. The first-order chi connectivity index (χ1) is 17.4. The monoisotopic (exact) mass is 500 g/mol. The van der Waals surface area contributed by atoms with Gasteiger partial charge in [0, 0.05) is 5.56 Å². The van der Waals surface area contributed by atoms with Crippen molar-refractivity contribution in [3.05, 3.63) is 107 Å². The Kier molecular flexibility index (Phi) is 6.38. The summed E-state index contributed by atoms with van der Waals surface area (Å²) >= 11 is 6.23. The van der Waals surface area contributed by atoms with Crippen LogP contribution in [0.5, 0.6) is 11.5 Å². The Labute approximate surface area is 213 Å². The van der Waals surface area contributed by atoms with E-state index in [0.29, 0.717) is 44.2 Å². The predicted octanol–water partition coefficient (Wildman–Crippen LogP) is 9.10. The van der Waals surface area contributed by atoms with Crippen molar-refractivity contribution in [2.45, 2.75) is 6.92 Å². The molecule has 0 aliphatic heterocycles. The summed E-state index contributed by atoms with van der Waals surface area (Å²) in [5.41, 5.74) is 4.11. The molecule has 0 N–H and O–H groups in total. The van der Waals surface area contributed by atoms with E-state index < -0.39 is 5.82 Å². The van der Waals surface area contributed by atoms with E-state index in [-0.39, 0.29) is 11.6 Å². The van der Waals surface area contributed by atoms with Crippen molar-refractivity contribution in [3.8, 4) is 44.9 Å². The zero-order chi connectivity index (χ0) is 25.4. The molecule has 0 radical (unpaired) electrons. The van der Waals surface area contributed by atoms with E-state index in [9.17, 15) is 4.39 Å². The highest BCUT2D eigenvalue weighted by molar-refractivity contribution is 6.32. The maximum atomic E-state index is 16.3. The number of rotatable bonds is 5. The third kappa shape index (κ3) is 4.18. The Bertz CT molecular complexity index is 1610. The Balaban J connectivity index is 1.81. The van der Waals surface area contributed by atoms with Gasteiger partial charge in [0.25, 0.3) is 0 Å². The van der Waals surface area contributed by atoms with Crippen molar-refractivity contribution in [1.82, 2.24) is 0 Å². The highest BCUT2D eigenvalue weighted by Crippen LogP contribution is 2.43. The normalized spacial score (nSPS) is 11.1. The molecule has 0 unspecified atom stereocenters. The smallest absolute Gasteiger partial charge is 0.165 e. The maximum Gasteiger partial charge on any atom is 0.165 e. The van der Waals surface area contributed by atoms with Gasteiger partial charge in [0.1, 0.15) is 11.6 Å². The predicted molar refractivity (Wildman–Crippen MR) is 143 cm³/mol. The van der Waals surface area contributed by atoms with Gasteiger partial charge < -0.3 is 9.47 Å². The Hall–Kier alpha value is -3.89. The molecular formula is C31H23ClF2O2. The number of fused-ring (bicyclic) bond motifs is 1. The molecule has 0 bridgehead atoms. The molecule has 0 amide bonds. The highest BCUT2D eigenvalue weighted by Gasteiger charge is 2.21. The molecule has 0 aliphatic rings. The first-order valence-electron chi connectivity index (χ1n) is 11.4. The van der Waals surface area contributed by atoms with Crippen molar-refractivity contribution in [1.29, 1.82) is 0 Å². The second-order valence-electron chi connectivity index (χ2n) is 8.55. The summed E-state index contributed by atoms with van der Waals surface area (Å²) < 4.78 is 41.6. The van der Waals surface area contributed by atoms with E-state index >= 15 is 4.39 Å². The molecule has 0 fully saturated rings. The summed E-state index contributed by atoms with van der Waals surface area (Å²) in [6, 6.07) is 25.6. The van der Waals surface area contributed by atoms with Crippen LogP contribution in [0.4, 0.5) is 8.78 Å². The van der Waals surface area contributed by atoms with Crippen LogP contribution in [-0.4, -0.2) is 14.2 Å². The number of methoxy groups -OCH3 is 2. The summed E-state index contributed by atoms with van der Waals surface area (Å²) in [5.74, 6) is -0.274. The van der Waals surface area contributed by atoms with E-state index in [2.05, 4.69) is 0 Å². The van der Waals surface area contributed by atoms with E-state index in [1.807, 2.05) is 54.6 Å². The van der Waals surface area contributed by atoms with Crippen molar-refractivity contribution in [3.63, 3.8) is 0 Å². The summed E-state index contributed by atoms with van der Waals surface area (Å²) in [7, 11) is 2.95. The Morgan fingerprint density at radius 3 is 2.03 bits per heavy atom. The van der Waals surface area contributed by atoms with Gasteiger partial charge in [-0.1, -0.05) is 60.1 Å². The molecule has 0 aliphatic carbocycles. The largest absolute Gasteiger partial charge is 0.495 e. The lowest BCUT2D eigenvalue weighted by Gasteiger charge is -2.19. The van der Waals surface area contributed by atoms with E-state index in [4.69, 9.17) is 21.1 Å². The van der Waals surface area contributed by atoms with Crippen LogP contribution < -0.4 is 9.47 Å². The topological polar surface area (TPSA) is 18.5 Å². The fraction of sp³-hybridized carbons (Fsp3) is 0.0968. The van der Waals surface area contributed by atoms with Gasteiger partial charge in [0.15, 0.2) is 11.6 Å². The number of halogens is 3. The average molecular weight is 501 g/mol. The zero-order valence-electron chi connectivity index (χ0n) is 20.0. The molecule has 180 valence electrons. The fourth-order valence-electron chi connectivity index (χ4n) is 4.56. The first kappa shape index (κ1) is 23.8. The Morgan fingerprint density at radius 2 is 1.31 bits per heavy atom. The van der Waals surface area contributed by atoms with Crippen molar-refractivity contribution >= 4 is 22.4 Å². The summed E-state index contributed by atoms with van der Waals surface area (Å²) in [5, 5.41) is 2.51. The molecule has 36 heavy (non-hydrogen) atoms. The molecule has 0 aromatic heterocycles. The molecule has 5 aromatic rings. The first-order valence-corrected chi connectivity index (χ1v) is 11.8. The van der Waals surface area contributed by atoms with Crippen molar-refractivity contribution in [2.75, 3.05) is 14.2 Å². The lowest BCUT2D eigenvalue weighted by molar-refractivity contribution is 0.386. The van der Waals surface area contributed by atoms with Gasteiger partial charge in [-0.3, -0.25) is 0 Å². The summed E-state index contributed by atoms with van der Waals surface area (Å²) in [4.78, 5) is 0. The van der Waals surface area contributed by atoms with Gasteiger partial charge in [0.05, 0.1) is 19.2 Å². The minimum Gasteiger partial charge on any atom is -0.495 e. The number of ether oxygens (including phenoxy) is 2. The lowest BCUT2D eigenvalue weighted by Crippen LogP contribution is -1.98. The van der Waals surface area contributed by atoms with Crippen LogP contribution in [0.1, 0.15) is 5.56 Å². The zero-order valence-corrected chi connectivity index (χ0v) is 20.8. The van der Waals surface area contributed by atoms with Gasteiger partial charge in [-0.15, -0.1) is 0 Å². The molecule has 5 heteroatoms. The van der Waals surface area contributed by atoms with Gasteiger partial charge in [-0.2, -0.15) is 0 Å². The van der Waals surface area contributed by atoms with Crippen molar-refractivity contribution < 1.29 is 18.3 Å². The molecule has 2 nitrogen and oxygen atoms in total. The number of benzene rings is 5. The molecule has 5 aromatic carbocycles. The second kappa shape index (κ2) is 9.63. The lowest BCUT2D eigenvalue weighted by atomic mass is 9.87. The quantitative estimate of drug-likeness (QED) is 0.239. The van der Waals surface area contributed by atoms with Crippen LogP contribution >= 0.6 is 11.6 Å². The van der Waals surface area contributed by atoms with E-state index in [1.54, 1.807) is 31.2 Å². The fourth-order valence-corrected chi connectivity index (χ4v) is 4.76. The molecule has 0 saturated heterocycles. The maximum absolute atomic E-state index is 16.3. The minimum absolute atomic E-state index is 0.126. The SMILES string of the molecule is COc1ccc(-c2cc(-c3ccc(Cl)c(OC)c3)c(C)c(F)c2-c2ccc3ccccc3c2)cc1F. The van der Waals surface area contributed by atoms with Gasteiger partial charge in [-0.05, 0) is 87.5 Å². The van der Waals surface area contributed by atoms with Crippen LogP contribution in [0.25, 0.3) is 44.2 Å². The standard InChI is InChI=1S/C31H23ClF2O2/c1-18-24(22-10-12-26(32)29(16-22)36-3)17-25(21-11-13-28(35-2)27(33)15-21)30(31(18)34)23-9-8-19-6-4-5-7-20(19)14-23/h4-17H,1-3H3. The average Bonchev–Trinajstić information content (AvgIpc) is 2.90. The Morgan fingerprint density at radius 1 is 0.639 bits per heavy atom. The summed E-state index contributed by atoms with van der Waals surface area (Å²) in [6.07, 6.45) is 0. The van der Waals surface area contributed by atoms with Crippen molar-refractivity contribution in [2.24, 2.45) is 0 Å². The van der Waals surface area contributed by atoms with Crippen LogP contribution in [0.2, 0.25) is 5.02 Å². The number of hydrogen-bond acceptors (Lipinski definition) is 2. The van der Waals surface area contributed by atoms with E-state index in [0.717, 1.165) is 16.3 Å². The van der Waals surface area contributed by atoms with Gasteiger partial charge in [-0.25, -0.2) is 8.78 Å².